The van der Waals surface area contributed by atoms with Crippen LogP contribution in [-0.2, 0) is 0 Å². The number of rotatable bonds is 4. The van der Waals surface area contributed by atoms with Gasteiger partial charge in [-0.2, -0.15) is 5.10 Å². The number of aromatic amines is 1. The number of hydrogen-bond acceptors (Lipinski definition) is 3. The number of nitrogens with zero attached hydrogens (tertiary/aromatic N) is 2. The van der Waals surface area contributed by atoms with E-state index in [0.717, 1.165) is 23.7 Å². The molecule has 3 N–H and O–H groups in total. The summed E-state index contributed by atoms with van der Waals surface area (Å²) in [5.41, 5.74) is 7.74. The Bertz CT molecular complexity index is 670. The second-order valence-electron chi connectivity index (χ2n) is 5.56. The first-order chi connectivity index (χ1) is 10.2. The van der Waals surface area contributed by atoms with Gasteiger partial charge in [0.05, 0.1) is 5.52 Å². The molecule has 1 heterocycles. The van der Waals surface area contributed by atoms with Crippen LogP contribution in [0.25, 0.3) is 10.9 Å². The number of nitrogen functional groups attached to an aromatic ring is 1. The van der Waals surface area contributed by atoms with E-state index in [0.29, 0.717) is 24.0 Å². The monoisotopic (exact) mass is 284 g/mol. The molecular formula is C16H20N4O. The third-order valence-corrected chi connectivity index (χ3v) is 4.14. The number of carbonyl (C=O) groups excluding carboxylic acids is 1. The van der Waals surface area contributed by atoms with E-state index in [1.807, 2.05) is 11.0 Å². The number of fused-ring (bicyclic) bond motifs is 1. The highest BCUT2D eigenvalue weighted by Crippen LogP contribution is 2.26. The van der Waals surface area contributed by atoms with Crippen LogP contribution in [0.15, 0.2) is 30.9 Å². The average molecular weight is 284 g/mol. The van der Waals surface area contributed by atoms with Crippen LogP contribution < -0.4 is 5.73 Å². The first-order valence-electron chi connectivity index (χ1n) is 7.36. The average Bonchev–Trinajstić information content (AvgIpc) is 3.13. The van der Waals surface area contributed by atoms with E-state index in [2.05, 4.69) is 16.8 Å². The summed E-state index contributed by atoms with van der Waals surface area (Å²) < 4.78 is 0. The number of nitrogens with two attached hydrogens (primary N) is 1. The quantitative estimate of drug-likeness (QED) is 0.669. The Morgan fingerprint density at radius 1 is 1.48 bits per heavy atom. The smallest absolute Gasteiger partial charge is 0.275 e. The van der Waals surface area contributed by atoms with E-state index in [9.17, 15) is 4.79 Å². The topological polar surface area (TPSA) is 75.0 Å². The molecule has 0 aliphatic heterocycles. The van der Waals surface area contributed by atoms with Crippen molar-refractivity contribution in [3.8, 4) is 0 Å². The molecule has 0 spiro atoms. The molecule has 5 heteroatoms. The predicted octanol–water partition coefficient (Wildman–Crippen LogP) is 2.72. The van der Waals surface area contributed by atoms with Gasteiger partial charge in [0.1, 0.15) is 0 Å². The Morgan fingerprint density at radius 3 is 2.95 bits per heavy atom. The normalized spacial score (nSPS) is 15.4. The summed E-state index contributed by atoms with van der Waals surface area (Å²) in [6, 6.07) is 5.74. The van der Waals surface area contributed by atoms with Gasteiger partial charge in [0.15, 0.2) is 5.69 Å². The molecule has 1 aliphatic carbocycles. The van der Waals surface area contributed by atoms with Gasteiger partial charge in [-0.05, 0) is 31.0 Å². The first kappa shape index (κ1) is 13.7. The number of aromatic nitrogens is 2. The van der Waals surface area contributed by atoms with Crippen molar-refractivity contribution in [1.82, 2.24) is 15.1 Å². The van der Waals surface area contributed by atoms with Gasteiger partial charge in [-0.15, -0.1) is 6.58 Å². The van der Waals surface area contributed by atoms with Crippen molar-refractivity contribution in [2.45, 2.75) is 31.7 Å². The summed E-state index contributed by atoms with van der Waals surface area (Å²) in [6.45, 7) is 4.33. The SMILES string of the molecule is C=CCN(C(=O)c1n[nH]c2ccc(N)cc12)C1CCCC1. The van der Waals surface area contributed by atoms with E-state index < -0.39 is 0 Å². The van der Waals surface area contributed by atoms with Crippen molar-refractivity contribution < 1.29 is 4.79 Å². The van der Waals surface area contributed by atoms with Crippen LogP contribution in [0, 0.1) is 0 Å². The van der Waals surface area contributed by atoms with Crippen molar-refractivity contribution in [1.29, 1.82) is 0 Å². The van der Waals surface area contributed by atoms with Crippen molar-refractivity contribution in [2.24, 2.45) is 0 Å². The number of carbonyl (C=O) groups is 1. The molecule has 21 heavy (non-hydrogen) atoms. The summed E-state index contributed by atoms with van der Waals surface area (Å²) >= 11 is 0. The zero-order valence-electron chi connectivity index (χ0n) is 12.0. The van der Waals surface area contributed by atoms with Crippen LogP contribution in [-0.4, -0.2) is 33.6 Å². The second kappa shape index (κ2) is 5.60. The maximum Gasteiger partial charge on any atom is 0.275 e. The van der Waals surface area contributed by atoms with Gasteiger partial charge in [-0.25, -0.2) is 0 Å². The molecule has 0 bridgehead atoms. The number of anilines is 1. The molecule has 0 atom stereocenters. The third kappa shape index (κ3) is 2.51. The lowest BCUT2D eigenvalue weighted by Crippen LogP contribution is -2.39. The van der Waals surface area contributed by atoms with Crippen molar-refractivity contribution in [3.63, 3.8) is 0 Å². The van der Waals surface area contributed by atoms with Gasteiger partial charge in [-0.3, -0.25) is 9.89 Å². The van der Waals surface area contributed by atoms with E-state index in [1.165, 1.54) is 12.8 Å². The molecule has 2 aromatic rings. The molecule has 0 saturated heterocycles. The predicted molar refractivity (Wildman–Crippen MR) is 84.0 cm³/mol. The van der Waals surface area contributed by atoms with Crippen LogP contribution in [0.1, 0.15) is 36.2 Å². The molecule has 1 aromatic carbocycles. The molecule has 110 valence electrons. The minimum absolute atomic E-state index is 0.0429. The molecule has 5 nitrogen and oxygen atoms in total. The standard InChI is InChI=1S/C16H20N4O/c1-2-9-20(12-5-3-4-6-12)16(21)15-13-10-11(17)7-8-14(13)18-19-15/h2,7-8,10,12H,1,3-6,9,17H2,(H,18,19). The fourth-order valence-electron chi connectivity index (χ4n) is 3.08. The molecule has 1 aromatic heterocycles. The summed E-state index contributed by atoms with van der Waals surface area (Å²) in [7, 11) is 0. The third-order valence-electron chi connectivity index (χ3n) is 4.14. The molecule has 0 radical (unpaired) electrons. The highest BCUT2D eigenvalue weighted by atomic mass is 16.2. The molecule has 1 amide bonds. The Morgan fingerprint density at radius 2 is 2.24 bits per heavy atom. The Labute approximate surface area is 123 Å². The molecule has 1 fully saturated rings. The number of amides is 1. The Balaban J connectivity index is 1.97. The minimum Gasteiger partial charge on any atom is -0.399 e. The van der Waals surface area contributed by atoms with E-state index in [-0.39, 0.29) is 5.91 Å². The highest BCUT2D eigenvalue weighted by molar-refractivity contribution is 6.05. The first-order valence-corrected chi connectivity index (χ1v) is 7.36. The second-order valence-corrected chi connectivity index (χ2v) is 5.56. The lowest BCUT2D eigenvalue weighted by Gasteiger charge is -2.27. The number of hydrogen-bond donors (Lipinski definition) is 2. The summed E-state index contributed by atoms with van der Waals surface area (Å²) in [5.74, 6) is -0.0429. The van der Waals surface area contributed by atoms with Gasteiger partial charge >= 0.3 is 0 Å². The van der Waals surface area contributed by atoms with Crippen molar-refractivity contribution >= 4 is 22.5 Å². The lowest BCUT2D eigenvalue weighted by molar-refractivity contribution is 0.0702. The van der Waals surface area contributed by atoms with Crippen LogP contribution in [0.4, 0.5) is 5.69 Å². The maximum atomic E-state index is 12.9. The number of H-pyrrole nitrogens is 1. The van der Waals surface area contributed by atoms with E-state index in [4.69, 9.17) is 5.73 Å². The van der Waals surface area contributed by atoms with Crippen molar-refractivity contribution in [2.75, 3.05) is 12.3 Å². The van der Waals surface area contributed by atoms with Gasteiger partial charge < -0.3 is 10.6 Å². The Hall–Kier alpha value is -2.30. The summed E-state index contributed by atoms with van der Waals surface area (Å²) in [6.07, 6.45) is 6.26. The fourth-order valence-corrected chi connectivity index (χ4v) is 3.08. The molecule has 3 rings (SSSR count). The Kier molecular flexibility index (Phi) is 3.64. The van der Waals surface area contributed by atoms with Crippen LogP contribution >= 0.6 is 0 Å². The summed E-state index contributed by atoms with van der Waals surface area (Å²) in [4.78, 5) is 14.8. The van der Waals surface area contributed by atoms with Gasteiger partial charge in [-0.1, -0.05) is 18.9 Å². The largest absolute Gasteiger partial charge is 0.399 e. The lowest BCUT2D eigenvalue weighted by atomic mass is 10.1. The van der Waals surface area contributed by atoms with Crippen LogP contribution in [0.2, 0.25) is 0 Å². The van der Waals surface area contributed by atoms with Gasteiger partial charge in [0.25, 0.3) is 5.91 Å². The number of benzene rings is 1. The van der Waals surface area contributed by atoms with Gasteiger partial charge in [0.2, 0.25) is 0 Å². The molecule has 0 unspecified atom stereocenters. The highest BCUT2D eigenvalue weighted by Gasteiger charge is 2.28. The fraction of sp³-hybridized carbons (Fsp3) is 0.375. The molecule has 1 saturated carbocycles. The van der Waals surface area contributed by atoms with E-state index in [1.54, 1.807) is 18.2 Å². The molecule has 1 aliphatic rings. The van der Waals surface area contributed by atoms with Crippen molar-refractivity contribution in [3.05, 3.63) is 36.5 Å². The zero-order valence-corrected chi connectivity index (χ0v) is 12.0. The van der Waals surface area contributed by atoms with Crippen LogP contribution in [0.3, 0.4) is 0 Å². The number of nitrogens with one attached hydrogen (secondary N) is 1. The van der Waals surface area contributed by atoms with E-state index >= 15 is 0 Å². The zero-order chi connectivity index (χ0) is 14.8. The van der Waals surface area contributed by atoms with Crippen LogP contribution in [0.5, 0.6) is 0 Å². The maximum absolute atomic E-state index is 12.9. The molecular weight excluding hydrogens is 264 g/mol. The summed E-state index contributed by atoms with van der Waals surface area (Å²) in [5, 5.41) is 7.89. The minimum atomic E-state index is -0.0429. The van der Waals surface area contributed by atoms with Gasteiger partial charge in [0, 0.05) is 23.7 Å².